The molecule has 1 aliphatic rings. The van der Waals surface area contributed by atoms with E-state index in [2.05, 4.69) is 32.6 Å². The van der Waals surface area contributed by atoms with Crippen LogP contribution in [0, 0.1) is 5.92 Å². The Kier molecular flexibility index (Phi) is 4.94. The number of anilines is 2. The summed E-state index contributed by atoms with van der Waals surface area (Å²) in [6.07, 6.45) is 4.92. The van der Waals surface area contributed by atoms with E-state index < -0.39 is 0 Å². The van der Waals surface area contributed by atoms with Gasteiger partial charge in [0.05, 0.1) is 6.10 Å². The summed E-state index contributed by atoms with van der Waals surface area (Å²) in [5, 5.41) is 3.38. The summed E-state index contributed by atoms with van der Waals surface area (Å²) < 4.78 is 5.52. The molecule has 1 saturated carbocycles. The summed E-state index contributed by atoms with van der Waals surface area (Å²) in [5.74, 6) is 6.83. The molecule has 0 saturated heterocycles. The topological polar surface area (TPSA) is 98.0 Å². The SMILES string of the molecule is CC(C)Oc1nc(NN)nc(NC2CCCCC2C)n1. The van der Waals surface area contributed by atoms with Crippen LogP contribution in [0.15, 0.2) is 0 Å². The fraction of sp³-hybridized carbons (Fsp3) is 0.769. The average molecular weight is 280 g/mol. The van der Waals surface area contributed by atoms with Crippen molar-refractivity contribution >= 4 is 11.9 Å². The van der Waals surface area contributed by atoms with Crippen molar-refractivity contribution in [3.63, 3.8) is 0 Å². The highest BCUT2D eigenvalue weighted by molar-refractivity contribution is 5.36. The molecule has 2 unspecified atom stereocenters. The minimum atomic E-state index is 0.00415. The maximum absolute atomic E-state index is 5.52. The smallest absolute Gasteiger partial charge is 0.323 e. The van der Waals surface area contributed by atoms with Crippen LogP contribution in [-0.2, 0) is 0 Å². The first-order valence-corrected chi connectivity index (χ1v) is 7.24. The van der Waals surface area contributed by atoms with Crippen molar-refractivity contribution in [2.45, 2.75) is 58.6 Å². The minimum Gasteiger partial charge on any atom is -0.461 e. The Bertz CT molecular complexity index is 439. The molecule has 0 spiro atoms. The van der Waals surface area contributed by atoms with Crippen LogP contribution in [0.4, 0.5) is 11.9 Å². The monoisotopic (exact) mass is 280 g/mol. The van der Waals surface area contributed by atoms with Crippen molar-refractivity contribution in [3.8, 4) is 6.01 Å². The van der Waals surface area contributed by atoms with Gasteiger partial charge in [0.25, 0.3) is 0 Å². The van der Waals surface area contributed by atoms with E-state index in [9.17, 15) is 0 Å². The standard InChI is InChI=1S/C13H24N6O/c1-8(2)20-13-17-11(16-12(18-13)19-14)15-10-7-5-4-6-9(10)3/h8-10H,4-7,14H2,1-3H3,(H2,15,16,17,18,19). The highest BCUT2D eigenvalue weighted by Gasteiger charge is 2.22. The molecular weight excluding hydrogens is 256 g/mol. The molecule has 112 valence electrons. The van der Waals surface area contributed by atoms with Gasteiger partial charge in [0, 0.05) is 6.04 Å². The molecule has 1 heterocycles. The molecule has 1 aliphatic carbocycles. The third kappa shape index (κ3) is 3.93. The Morgan fingerprint density at radius 3 is 2.50 bits per heavy atom. The van der Waals surface area contributed by atoms with Gasteiger partial charge in [-0.25, -0.2) is 5.84 Å². The predicted molar refractivity (Wildman–Crippen MR) is 78.4 cm³/mol. The molecule has 0 aliphatic heterocycles. The van der Waals surface area contributed by atoms with Crippen LogP contribution in [-0.4, -0.2) is 27.1 Å². The van der Waals surface area contributed by atoms with Crippen LogP contribution in [0.3, 0.4) is 0 Å². The van der Waals surface area contributed by atoms with Crippen molar-refractivity contribution in [2.24, 2.45) is 11.8 Å². The van der Waals surface area contributed by atoms with E-state index in [4.69, 9.17) is 10.6 Å². The van der Waals surface area contributed by atoms with Crippen LogP contribution >= 0.6 is 0 Å². The number of aromatic nitrogens is 3. The van der Waals surface area contributed by atoms with E-state index in [0.717, 1.165) is 6.42 Å². The van der Waals surface area contributed by atoms with Crippen molar-refractivity contribution < 1.29 is 4.74 Å². The van der Waals surface area contributed by atoms with Gasteiger partial charge in [-0.15, -0.1) is 0 Å². The van der Waals surface area contributed by atoms with Gasteiger partial charge in [0.2, 0.25) is 11.9 Å². The first kappa shape index (κ1) is 14.8. The molecule has 1 fully saturated rings. The van der Waals surface area contributed by atoms with Crippen molar-refractivity contribution in [1.29, 1.82) is 0 Å². The lowest BCUT2D eigenvalue weighted by Gasteiger charge is -2.29. The van der Waals surface area contributed by atoms with Crippen molar-refractivity contribution in [2.75, 3.05) is 10.7 Å². The Hall–Kier alpha value is -1.63. The second-order valence-corrected chi connectivity index (χ2v) is 5.59. The Balaban J connectivity index is 2.13. The van der Waals surface area contributed by atoms with Gasteiger partial charge in [-0.3, -0.25) is 5.43 Å². The number of nitrogens with two attached hydrogens (primary N) is 1. The average Bonchev–Trinajstić information content (AvgIpc) is 2.40. The van der Waals surface area contributed by atoms with Gasteiger partial charge in [-0.2, -0.15) is 15.0 Å². The number of rotatable bonds is 5. The molecule has 7 heteroatoms. The Morgan fingerprint density at radius 1 is 1.15 bits per heavy atom. The zero-order valence-electron chi connectivity index (χ0n) is 12.4. The number of hydrogen-bond acceptors (Lipinski definition) is 7. The summed E-state index contributed by atoms with van der Waals surface area (Å²) in [7, 11) is 0. The number of nitrogen functional groups attached to an aromatic ring is 1. The quantitative estimate of drug-likeness (QED) is 0.560. The number of nitrogens with one attached hydrogen (secondary N) is 2. The zero-order valence-corrected chi connectivity index (χ0v) is 12.4. The molecule has 0 bridgehead atoms. The molecule has 4 N–H and O–H groups in total. The van der Waals surface area contributed by atoms with Gasteiger partial charge in [0.15, 0.2) is 0 Å². The first-order valence-electron chi connectivity index (χ1n) is 7.24. The lowest BCUT2D eigenvalue weighted by atomic mass is 9.86. The third-order valence-corrected chi connectivity index (χ3v) is 3.51. The Morgan fingerprint density at radius 2 is 1.85 bits per heavy atom. The highest BCUT2D eigenvalue weighted by atomic mass is 16.5. The van der Waals surface area contributed by atoms with Crippen molar-refractivity contribution in [3.05, 3.63) is 0 Å². The molecule has 1 aromatic rings. The predicted octanol–water partition coefficient (Wildman–Crippen LogP) is 1.93. The summed E-state index contributed by atoms with van der Waals surface area (Å²) in [4.78, 5) is 12.6. The molecule has 2 rings (SSSR count). The third-order valence-electron chi connectivity index (χ3n) is 3.51. The maximum atomic E-state index is 5.52. The first-order chi connectivity index (χ1) is 9.58. The largest absolute Gasteiger partial charge is 0.461 e. The maximum Gasteiger partial charge on any atom is 0.323 e. The van der Waals surface area contributed by atoms with Crippen LogP contribution in [0.25, 0.3) is 0 Å². The Labute approximate surface area is 119 Å². The molecule has 2 atom stereocenters. The second-order valence-electron chi connectivity index (χ2n) is 5.59. The molecule has 20 heavy (non-hydrogen) atoms. The van der Waals surface area contributed by atoms with E-state index in [1.807, 2.05) is 13.8 Å². The number of ether oxygens (including phenoxy) is 1. The fourth-order valence-corrected chi connectivity index (χ4v) is 2.45. The summed E-state index contributed by atoms with van der Waals surface area (Å²) in [5.41, 5.74) is 2.45. The van der Waals surface area contributed by atoms with Gasteiger partial charge >= 0.3 is 6.01 Å². The summed E-state index contributed by atoms with van der Waals surface area (Å²) in [6, 6.07) is 0.678. The minimum absolute atomic E-state index is 0.00415. The summed E-state index contributed by atoms with van der Waals surface area (Å²) in [6.45, 7) is 6.11. The molecule has 0 amide bonds. The van der Waals surface area contributed by atoms with E-state index in [-0.39, 0.29) is 12.1 Å². The van der Waals surface area contributed by atoms with Crippen LogP contribution in [0.2, 0.25) is 0 Å². The van der Waals surface area contributed by atoms with Crippen LogP contribution in [0.5, 0.6) is 6.01 Å². The van der Waals surface area contributed by atoms with E-state index in [1.165, 1.54) is 19.3 Å². The molecule has 0 radical (unpaired) electrons. The van der Waals surface area contributed by atoms with Gasteiger partial charge in [-0.1, -0.05) is 19.8 Å². The second kappa shape index (κ2) is 6.69. The molecular formula is C13H24N6O. The van der Waals surface area contributed by atoms with Crippen LogP contribution < -0.4 is 21.3 Å². The fourth-order valence-electron chi connectivity index (χ4n) is 2.45. The molecule has 0 aromatic carbocycles. The normalized spacial score (nSPS) is 22.6. The van der Waals surface area contributed by atoms with E-state index >= 15 is 0 Å². The number of hydrogen-bond donors (Lipinski definition) is 3. The number of nitrogens with zero attached hydrogens (tertiary/aromatic N) is 3. The lowest BCUT2D eigenvalue weighted by molar-refractivity contribution is 0.222. The van der Waals surface area contributed by atoms with Crippen LogP contribution in [0.1, 0.15) is 46.5 Å². The zero-order chi connectivity index (χ0) is 14.5. The van der Waals surface area contributed by atoms with Gasteiger partial charge in [0.1, 0.15) is 0 Å². The van der Waals surface area contributed by atoms with E-state index in [0.29, 0.717) is 23.9 Å². The van der Waals surface area contributed by atoms with E-state index in [1.54, 1.807) is 0 Å². The van der Waals surface area contributed by atoms with Gasteiger partial charge < -0.3 is 10.1 Å². The van der Waals surface area contributed by atoms with Gasteiger partial charge in [-0.05, 0) is 32.6 Å². The highest BCUT2D eigenvalue weighted by Crippen LogP contribution is 2.26. The van der Waals surface area contributed by atoms with Crippen molar-refractivity contribution in [1.82, 2.24) is 15.0 Å². The molecule has 7 nitrogen and oxygen atoms in total. The lowest BCUT2D eigenvalue weighted by Crippen LogP contribution is -2.31. The molecule has 1 aromatic heterocycles. The summed E-state index contributed by atoms with van der Waals surface area (Å²) >= 11 is 0. The number of hydrazine groups is 1.